The SMILES string of the molecule is CC1OCCC1CNC(=O)C(F)(F)C(F)F. The van der Waals surface area contributed by atoms with E-state index in [2.05, 4.69) is 0 Å². The average Bonchev–Trinajstić information content (AvgIpc) is 2.60. The van der Waals surface area contributed by atoms with Crippen LogP contribution >= 0.6 is 0 Å². The number of hydrogen-bond acceptors (Lipinski definition) is 2. The number of carbonyl (C=O) groups excluding carboxylic acids is 1. The summed E-state index contributed by atoms with van der Waals surface area (Å²) in [6.45, 7) is 2.17. The minimum atomic E-state index is -4.62. The molecule has 2 atom stereocenters. The van der Waals surface area contributed by atoms with E-state index in [1.807, 2.05) is 5.32 Å². The zero-order chi connectivity index (χ0) is 12.3. The number of hydrogen-bond donors (Lipinski definition) is 1. The first-order valence-corrected chi connectivity index (χ1v) is 4.91. The van der Waals surface area contributed by atoms with Gasteiger partial charge in [-0.25, -0.2) is 8.78 Å². The number of amides is 1. The Morgan fingerprint density at radius 3 is 2.62 bits per heavy atom. The standard InChI is InChI=1S/C9H13F4NO2/c1-5-6(2-3-16-5)4-14-8(15)9(12,13)7(10)11/h5-7H,2-4H2,1H3,(H,14,15). The van der Waals surface area contributed by atoms with Crippen molar-refractivity contribution >= 4 is 5.91 Å². The van der Waals surface area contributed by atoms with Gasteiger partial charge < -0.3 is 10.1 Å². The summed E-state index contributed by atoms with van der Waals surface area (Å²) in [7, 11) is 0. The zero-order valence-corrected chi connectivity index (χ0v) is 8.68. The van der Waals surface area contributed by atoms with Gasteiger partial charge >= 0.3 is 12.3 Å². The molecule has 0 spiro atoms. The first-order valence-electron chi connectivity index (χ1n) is 4.91. The summed E-state index contributed by atoms with van der Waals surface area (Å²) in [6.07, 6.45) is -3.51. The van der Waals surface area contributed by atoms with Crippen LogP contribution in [0.25, 0.3) is 0 Å². The first kappa shape index (κ1) is 13.2. The fourth-order valence-corrected chi connectivity index (χ4v) is 1.48. The summed E-state index contributed by atoms with van der Waals surface area (Å²) >= 11 is 0. The Morgan fingerprint density at radius 1 is 1.56 bits per heavy atom. The van der Waals surface area contributed by atoms with Gasteiger partial charge in [0.15, 0.2) is 0 Å². The molecule has 1 fully saturated rings. The van der Waals surface area contributed by atoms with Crippen LogP contribution in [0.1, 0.15) is 13.3 Å². The van der Waals surface area contributed by atoms with Crippen molar-refractivity contribution in [1.82, 2.24) is 5.32 Å². The molecule has 7 heteroatoms. The van der Waals surface area contributed by atoms with Gasteiger partial charge in [0.2, 0.25) is 0 Å². The molecule has 3 nitrogen and oxygen atoms in total. The molecule has 1 rings (SSSR count). The number of alkyl halides is 4. The van der Waals surface area contributed by atoms with Gasteiger partial charge in [-0.3, -0.25) is 4.79 Å². The maximum absolute atomic E-state index is 12.5. The average molecular weight is 243 g/mol. The Kier molecular flexibility index (Phi) is 4.12. The quantitative estimate of drug-likeness (QED) is 0.758. The highest BCUT2D eigenvalue weighted by molar-refractivity contribution is 5.83. The lowest BCUT2D eigenvalue weighted by atomic mass is 10.0. The van der Waals surface area contributed by atoms with Gasteiger partial charge in [0.25, 0.3) is 5.91 Å². The molecule has 0 bridgehead atoms. The van der Waals surface area contributed by atoms with Crippen molar-refractivity contribution in [3.05, 3.63) is 0 Å². The highest BCUT2D eigenvalue weighted by Gasteiger charge is 2.49. The first-order chi connectivity index (χ1) is 7.35. The van der Waals surface area contributed by atoms with Crippen LogP contribution in [-0.2, 0) is 9.53 Å². The van der Waals surface area contributed by atoms with Crippen LogP contribution < -0.4 is 5.32 Å². The van der Waals surface area contributed by atoms with Crippen LogP contribution in [0.15, 0.2) is 0 Å². The second-order valence-corrected chi connectivity index (χ2v) is 3.76. The molecule has 2 unspecified atom stereocenters. The van der Waals surface area contributed by atoms with E-state index >= 15 is 0 Å². The lowest BCUT2D eigenvalue weighted by molar-refractivity contribution is -0.169. The van der Waals surface area contributed by atoms with Crippen LogP contribution in [-0.4, -0.2) is 37.5 Å². The molecule has 0 aromatic heterocycles. The van der Waals surface area contributed by atoms with Gasteiger partial charge in [-0.2, -0.15) is 8.78 Å². The maximum Gasteiger partial charge on any atom is 0.383 e. The Bertz CT molecular complexity index is 260. The molecule has 1 aliphatic rings. The highest BCUT2D eigenvalue weighted by Crippen LogP contribution is 2.24. The predicted octanol–water partition coefficient (Wildman–Crippen LogP) is 1.43. The van der Waals surface area contributed by atoms with Crippen molar-refractivity contribution in [2.45, 2.75) is 31.8 Å². The van der Waals surface area contributed by atoms with Crippen molar-refractivity contribution < 1.29 is 27.1 Å². The summed E-state index contributed by atoms with van der Waals surface area (Å²) in [5, 5.41) is 1.83. The third kappa shape index (κ3) is 2.84. The van der Waals surface area contributed by atoms with Gasteiger partial charge in [-0.05, 0) is 13.3 Å². The summed E-state index contributed by atoms with van der Waals surface area (Å²) in [6, 6.07) is 0. The van der Waals surface area contributed by atoms with Crippen LogP contribution in [0.5, 0.6) is 0 Å². The summed E-state index contributed by atoms with van der Waals surface area (Å²) < 4.78 is 53.8. The van der Waals surface area contributed by atoms with Gasteiger partial charge in [0.05, 0.1) is 6.10 Å². The molecule has 0 aromatic carbocycles. The zero-order valence-electron chi connectivity index (χ0n) is 8.68. The molecule has 0 aliphatic carbocycles. The van der Waals surface area contributed by atoms with Crippen LogP contribution in [0, 0.1) is 5.92 Å². The molecule has 1 aliphatic heterocycles. The molecule has 0 saturated carbocycles. The number of nitrogens with one attached hydrogen (secondary N) is 1. The maximum atomic E-state index is 12.5. The van der Waals surface area contributed by atoms with E-state index in [1.54, 1.807) is 6.92 Å². The summed E-state index contributed by atoms with van der Waals surface area (Å²) in [5.41, 5.74) is 0. The molecule has 0 aromatic rings. The number of halogens is 4. The molecular weight excluding hydrogens is 230 g/mol. The van der Waals surface area contributed by atoms with Gasteiger partial charge in [0, 0.05) is 19.1 Å². The largest absolute Gasteiger partial charge is 0.383 e. The Hall–Kier alpha value is -0.850. The minimum Gasteiger partial charge on any atom is -0.378 e. The molecule has 16 heavy (non-hydrogen) atoms. The molecule has 0 radical (unpaired) electrons. The normalized spacial score (nSPS) is 26.1. The van der Waals surface area contributed by atoms with Crippen LogP contribution in [0.2, 0.25) is 0 Å². The van der Waals surface area contributed by atoms with Crippen LogP contribution in [0.3, 0.4) is 0 Å². The van der Waals surface area contributed by atoms with Crippen molar-refractivity contribution in [2.75, 3.05) is 13.2 Å². The smallest absolute Gasteiger partial charge is 0.378 e. The Labute approximate surface area is 90.1 Å². The van der Waals surface area contributed by atoms with Gasteiger partial charge in [0.1, 0.15) is 0 Å². The Morgan fingerprint density at radius 2 is 2.19 bits per heavy atom. The van der Waals surface area contributed by atoms with Gasteiger partial charge in [-0.15, -0.1) is 0 Å². The molecule has 1 N–H and O–H groups in total. The van der Waals surface area contributed by atoms with Crippen molar-refractivity contribution in [1.29, 1.82) is 0 Å². The third-order valence-corrected chi connectivity index (χ3v) is 2.63. The second kappa shape index (κ2) is 4.99. The number of carbonyl (C=O) groups is 1. The molecular formula is C9H13F4NO2. The Balaban J connectivity index is 2.40. The van der Waals surface area contributed by atoms with E-state index in [9.17, 15) is 22.4 Å². The van der Waals surface area contributed by atoms with Crippen molar-refractivity contribution in [2.24, 2.45) is 5.92 Å². The van der Waals surface area contributed by atoms with Crippen LogP contribution in [0.4, 0.5) is 17.6 Å². The molecule has 1 saturated heterocycles. The predicted molar refractivity (Wildman–Crippen MR) is 47.5 cm³/mol. The van der Waals surface area contributed by atoms with E-state index < -0.39 is 18.3 Å². The lowest BCUT2D eigenvalue weighted by Gasteiger charge is -2.18. The fraction of sp³-hybridized carbons (Fsp3) is 0.889. The van der Waals surface area contributed by atoms with Crippen molar-refractivity contribution in [3.63, 3.8) is 0 Å². The van der Waals surface area contributed by atoms with Gasteiger partial charge in [-0.1, -0.05) is 0 Å². The van der Waals surface area contributed by atoms with E-state index in [4.69, 9.17) is 4.74 Å². The van der Waals surface area contributed by atoms with E-state index in [0.29, 0.717) is 13.0 Å². The molecule has 1 heterocycles. The number of rotatable bonds is 4. The molecule has 94 valence electrons. The summed E-state index contributed by atoms with van der Waals surface area (Å²) in [4.78, 5) is 10.8. The monoisotopic (exact) mass is 243 g/mol. The van der Waals surface area contributed by atoms with E-state index in [0.717, 1.165) is 0 Å². The fourth-order valence-electron chi connectivity index (χ4n) is 1.48. The topological polar surface area (TPSA) is 38.3 Å². The van der Waals surface area contributed by atoms with E-state index in [-0.39, 0.29) is 18.6 Å². The summed E-state index contributed by atoms with van der Waals surface area (Å²) in [5.74, 6) is -6.65. The number of ether oxygens (including phenoxy) is 1. The second-order valence-electron chi connectivity index (χ2n) is 3.76. The van der Waals surface area contributed by atoms with Crippen molar-refractivity contribution in [3.8, 4) is 0 Å². The highest BCUT2D eigenvalue weighted by atomic mass is 19.3. The third-order valence-electron chi connectivity index (χ3n) is 2.63. The lowest BCUT2D eigenvalue weighted by Crippen LogP contribution is -2.47. The minimum absolute atomic E-state index is 0.0672. The van der Waals surface area contributed by atoms with E-state index in [1.165, 1.54) is 0 Å². The molecule has 1 amide bonds.